The normalized spacial score (nSPS) is 15.5. The first-order chi connectivity index (χ1) is 15.7. The fourth-order valence-corrected chi connectivity index (χ4v) is 5.57. The molecular formula is C22H27ClN4O5S. The number of nitrogens with zero attached hydrogens (tertiary/aromatic N) is 1. The molecule has 33 heavy (non-hydrogen) atoms. The smallest absolute Gasteiger partial charge is 0.312 e. The number of nitrogens with two attached hydrogens (primary N) is 1. The van der Waals surface area contributed by atoms with E-state index in [0.29, 0.717) is 29.4 Å². The molecule has 1 fully saturated rings. The van der Waals surface area contributed by atoms with E-state index >= 15 is 0 Å². The molecule has 1 atom stereocenters. The van der Waals surface area contributed by atoms with Crippen LogP contribution in [0.5, 0.6) is 5.75 Å². The van der Waals surface area contributed by atoms with Crippen molar-refractivity contribution in [2.75, 3.05) is 25.5 Å². The van der Waals surface area contributed by atoms with E-state index in [1.807, 2.05) is 0 Å². The van der Waals surface area contributed by atoms with Crippen LogP contribution in [0.2, 0.25) is 5.02 Å². The maximum Gasteiger partial charge on any atom is 0.312 e. The Hall–Kier alpha value is -2.82. The van der Waals surface area contributed by atoms with Crippen molar-refractivity contribution in [3.8, 4) is 5.75 Å². The highest BCUT2D eigenvalue weighted by molar-refractivity contribution is 7.89. The SMILES string of the molecule is COc1ccc(S(=O)(=O)N2CCCCC2)cc1NC(=O)C[C@@H](NC(N)=O)c1ccccc1Cl. The van der Waals surface area contributed by atoms with Gasteiger partial charge in [-0.15, -0.1) is 0 Å². The fourth-order valence-electron chi connectivity index (χ4n) is 3.75. The zero-order valence-electron chi connectivity index (χ0n) is 18.2. The molecule has 0 saturated carbocycles. The first-order valence-corrected chi connectivity index (χ1v) is 12.3. The molecule has 1 aliphatic rings. The fraction of sp³-hybridized carbons (Fsp3) is 0.364. The number of sulfonamides is 1. The summed E-state index contributed by atoms with van der Waals surface area (Å²) in [4.78, 5) is 24.4. The Kier molecular flexibility index (Phi) is 8.17. The molecule has 0 aliphatic carbocycles. The number of halogens is 1. The highest BCUT2D eigenvalue weighted by atomic mass is 35.5. The van der Waals surface area contributed by atoms with Gasteiger partial charge in [0.2, 0.25) is 15.9 Å². The van der Waals surface area contributed by atoms with Crippen LogP contribution < -0.4 is 21.1 Å². The van der Waals surface area contributed by atoms with E-state index in [4.69, 9.17) is 22.1 Å². The minimum absolute atomic E-state index is 0.0680. The quantitative estimate of drug-likeness (QED) is 0.518. The Balaban J connectivity index is 1.83. The molecule has 0 aromatic heterocycles. The monoisotopic (exact) mass is 494 g/mol. The number of anilines is 1. The molecule has 1 heterocycles. The van der Waals surface area contributed by atoms with Gasteiger partial charge in [-0.25, -0.2) is 13.2 Å². The predicted octanol–water partition coefficient (Wildman–Crippen LogP) is 3.26. The van der Waals surface area contributed by atoms with Crippen molar-refractivity contribution in [1.29, 1.82) is 0 Å². The van der Waals surface area contributed by atoms with Crippen LogP contribution in [0.4, 0.5) is 10.5 Å². The lowest BCUT2D eigenvalue weighted by atomic mass is 10.0. The van der Waals surface area contributed by atoms with E-state index in [-0.39, 0.29) is 17.0 Å². The zero-order chi connectivity index (χ0) is 24.0. The van der Waals surface area contributed by atoms with Gasteiger partial charge in [0.15, 0.2) is 0 Å². The topological polar surface area (TPSA) is 131 Å². The van der Waals surface area contributed by atoms with Crippen LogP contribution in [0.3, 0.4) is 0 Å². The van der Waals surface area contributed by atoms with E-state index in [1.54, 1.807) is 24.3 Å². The molecule has 0 radical (unpaired) electrons. The molecule has 1 saturated heterocycles. The highest BCUT2D eigenvalue weighted by Crippen LogP contribution is 2.31. The number of methoxy groups -OCH3 is 1. The molecule has 3 rings (SSSR count). The van der Waals surface area contributed by atoms with Crippen LogP contribution >= 0.6 is 11.6 Å². The Morgan fingerprint density at radius 2 is 1.85 bits per heavy atom. The van der Waals surface area contributed by atoms with Crippen LogP contribution in [0, 0.1) is 0 Å². The van der Waals surface area contributed by atoms with E-state index < -0.39 is 28.0 Å². The lowest BCUT2D eigenvalue weighted by Crippen LogP contribution is -2.36. The molecule has 9 nitrogen and oxygen atoms in total. The largest absolute Gasteiger partial charge is 0.495 e. The zero-order valence-corrected chi connectivity index (χ0v) is 19.8. The number of benzene rings is 2. The number of carbonyl (C=O) groups excluding carboxylic acids is 2. The van der Waals surface area contributed by atoms with Gasteiger partial charge in [-0.1, -0.05) is 36.2 Å². The Bertz CT molecular complexity index is 1120. The van der Waals surface area contributed by atoms with E-state index in [9.17, 15) is 18.0 Å². The Labute approximate surface area is 198 Å². The number of hydrogen-bond acceptors (Lipinski definition) is 5. The maximum atomic E-state index is 13.0. The van der Waals surface area contributed by atoms with Crippen LogP contribution in [0.1, 0.15) is 37.3 Å². The van der Waals surface area contributed by atoms with Gasteiger partial charge in [0.1, 0.15) is 5.75 Å². The molecule has 11 heteroatoms. The maximum absolute atomic E-state index is 13.0. The number of nitrogens with one attached hydrogen (secondary N) is 2. The molecule has 2 aromatic carbocycles. The van der Waals surface area contributed by atoms with Gasteiger partial charge in [0.05, 0.1) is 30.2 Å². The lowest BCUT2D eigenvalue weighted by molar-refractivity contribution is -0.116. The van der Waals surface area contributed by atoms with E-state index in [0.717, 1.165) is 19.3 Å². The number of amides is 3. The van der Waals surface area contributed by atoms with Crippen LogP contribution in [0.15, 0.2) is 47.4 Å². The van der Waals surface area contributed by atoms with Crippen molar-refractivity contribution in [1.82, 2.24) is 9.62 Å². The van der Waals surface area contributed by atoms with Crippen molar-refractivity contribution in [2.45, 2.75) is 36.6 Å². The van der Waals surface area contributed by atoms with Crippen molar-refractivity contribution in [2.24, 2.45) is 5.73 Å². The van der Waals surface area contributed by atoms with Crippen molar-refractivity contribution in [3.05, 3.63) is 53.1 Å². The molecule has 0 unspecified atom stereocenters. The van der Waals surface area contributed by atoms with Gasteiger partial charge < -0.3 is 21.1 Å². The van der Waals surface area contributed by atoms with Crippen molar-refractivity contribution < 1.29 is 22.7 Å². The lowest BCUT2D eigenvalue weighted by Gasteiger charge is -2.26. The summed E-state index contributed by atoms with van der Waals surface area (Å²) in [6.45, 7) is 0.933. The molecule has 4 N–H and O–H groups in total. The number of primary amides is 1. The third-order valence-corrected chi connectivity index (χ3v) is 7.62. The molecule has 0 bridgehead atoms. The third kappa shape index (κ3) is 6.16. The van der Waals surface area contributed by atoms with E-state index in [2.05, 4.69) is 10.6 Å². The summed E-state index contributed by atoms with van der Waals surface area (Å²) in [6.07, 6.45) is 2.45. The van der Waals surface area contributed by atoms with Gasteiger partial charge in [0, 0.05) is 18.1 Å². The number of piperidine rings is 1. The van der Waals surface area contributed by atoms with Crippen LogP contribution in [-0.2, 0) is 14.8 Å². The summed E-state index contributed by atoms with van der Waals surface area (Å²) < 4.78 is 32.8. The first kappa shape index (κ1) is 24.8. The molecule has 3 amide bonds. The van der Waals surface area contributed by atoms with Gasteiger partial charge in [-0.2, -0.15) is 4.31 Å². The summed E-state index contributed by atoms with van der Waals surface area (Å²) in [5.74, 6) is -0.183. The van der Waals surface area contributed by atoms with Crippen LogP contribution in [-0.4, -0.2) is 44.9 Å². The average molecular weight is 495 g/mol. The number of urea groups is 1. The second-order valence-electron chi connectivity index (χ2n) is 7.66. The molecular weight excluding hydrogens is 468 g/mol. The first-order valence-electron chi connectivity index (χ1n) is 10.5. The Morgan fingerprint density at radius 1 is 1.15 bits per heavy atom. The standard InChI is InChI=1S/C22H27ClN4O5S/c1-32-20-10-9-15(33(30,31)27-11-5-2-6-12-27)13-19(20)25-21(28)14-18(26-22(24)29)16-7-3-4-8-17(16)23/h3-4,7-10,13,18H,2,5-6,11-12,14H2,1H3,(H,25,28)(H3,24,26,29)/t18-/m1/s1. The number of carbonyl (C=O) groups is 2. The minimum atomic E-state index is -3.70. The van der Waals surface area contributed by atoms with E-state index in [1.165, 1.54) is 29.6 Å². The number of hydrogen-bond donors (Lipinski definition) is 3. The van der Waals surface area contributed by atoms with Gasteiger partial charge in [-0.3, -0.25) is 4.79 Å². The summed E-state index contributed by atoms with van der Waals surface area (Å²) >= 11 is 6.22. The van der Waals surface area contributed by atoms with Crippen molar-refractivity contribution >= 4 is 39.2 Å². The highest BCUT2D eigenvalue weighted by Gasteiger charge is 2.27. The summed E-state index contributed by atoms with van der Waals surface area (Å²) in [5.41, 5.74) is 6.01. The van der Waals surface area contributed by atoms with Gasteiger partial charge >= 0.3 is 6.03 Å². The minimum Gasteiger partial charge on any atom is -0.495 e. The molecule has 2 aromatic rings. The Morgan fingerprint density at radius 3 is 2.48 bits per heavy atom. The molecule has 178 valence electrons. The summed E-state index contributed by atoms with van der Waals surface area (Å²) in [6, 6.07) is 9.54. The van der Waals surface area contributed by atoms with Crippen molar-refractivity contribution in [3.63, 3.8) is 0 Å². The summed E-state index contributed by atoms with van der Waals surface area (Å²) in [5, 5.41) is 5.58. The van der Waals surface area contributed by atoms with Crippen LogP contribution in [0.25, 0.3) is 0 Å². The molecule has 0 spiro atoms. The number of rotatable bonds is 8. The van der Waals surface area contributed by atoms with Gasteiger partial charge in [0.25, 0.3) is 0 Å². The second kappa shape index (κ2) is 10.9. The summed E-state index contributed by atoms with van der Waals surface area (Å²) in [7, 11) is -2.28. The molecule has 1 aliphatic heterocycles. The third-order valence-electron chi connectivity index (χ3n) is 5.38. The van der Waals surface area contributed by atoms with Gasteiger partial charge in [-0.05, 0) is 42.7 Å². The average Bonchev–Trinajstić information content (AvgIpc) is 2.79. The predicted molar refractivity (Wildman–Crippen MR) is 126 cm³/mol. The second-order valence-corrected chi connectivity index (χ2v) is 10.0. The number of ether oxygens (including phenoxy) is 1.